The molecule has 0 unspecified atom stereocenters. The van der Waals surface area contributed by atoms with Gasteiger partial charge in [0.25, 0.3) is 5.69 Å². The molecule has 1 heterocycles. The van der Waals surface area contributed by atoms with Gasteiger partial charge in [-0.05, 0) is 24.5 Å². The summed E-state index contributed by atoms with van der Waals surface area (Å²) in [6.07, 6.45) is 0. The highest BCUT2D eigenvalue weighted by molar-refractivity contribution is 5.83. The second kappa shape index (κ2) is 6.11. The summed E-state index contributed by atoms with van der Waals surface area (Å²) in [6.45, 7) is 8.62. The van der Waals surface area contributed by atoms with Gasteiger partial charge >= 0.3 is 0 Å². The van der Waals surface area contributed by atoms with E-state index in [2.05, 4.69) is 13.8 Å². The Balaban J connectivity index is 2.11. The fraction of sp³-hybridized carbons (Fsp3) is 0.533. The summed E-state index contributed by atoms with van der Waals surface area (Å²) in [5.41, 5.74) is 1.81. The van der Waals surface area contributed by atoms with Crippen molar-refractivity contribution in [2.24, 2.45) is 5.92 Å². The van der Waals surface area contributed by atoms with Gasteiger partial charge in [0.15, 0.2) is 0 Å². The quantitative estimate of drug-likeness (QED) is 0.630. The molecule has 21 heavy (non-hydrogen) atoms. The van der Waals surface area contributed by atoms with Gasteiger partial charge in [0, 0.05) is 37.5 Å². The van der Waals surface area contributed by atoms with Crippen LogP contribution in [0.1, 0.15) is 19.4 Å². The molecule has 1 saturated heterocycles. The minimum atomic E-state index is -0.400. The number of nitro groups is 1. The van der Waals surface area contributed by atoms with Gasteiger partial charge in [-0.2, -0.15) is 0 Å². The number of hydrogen-bond donors (Lipinski definition) is 0. The number of piperazine rings is 1. The normalized spacial score (nSPS) is 15.7. The molecular weight excluding hydrogens is 270 g/mol. The Morgan fingerprint density at radius 2 is 2.05 bits per heavy atom. The summed E-state index contributed by atoms with van der Waals surface area (Å²) in [7, 11) is 0. The van der Waals surface area contributed by atoms with E-state index >= 15 is 0 Å². The monoisotopic (exact) mass is 291 g/mol. The first-order valence-corrected chi connectivity index (χ1v) is 7.16. The molecule has 0 bridgehead atoms. The van der Waals surface area contributed by atoms with Gasteiger partial charge in [-0.25, -0.2) is 0 Å². The number of carbonyl (C=O) groups excluding carboxylic acids is 1. The van der Waals surface area contributed by atoms with Crippen LogP contribution >= 0.6 is 0 Å². The molecule has 1 fully saturated rings. The molecule has 1 aliphatic heterocycles. The minimum Gasteiger partial charge on any atom is -0.360 e. The number of nitro benzene ring substituents is 1. The maximum atomic E-state index is 12.2. The van der Waals surface area contributed by atoms with Crippen molar-refractivity contribution in [1.82, 2.24) is 4.90 Å². The molecule has 1 aliphatic rings. The first-order valence-electron chi connectivity index (χ1n) is 7.16. The lowest BCUT2D eigenvalue weighted by Crippen LogP contribution is -2.51. The van der Waals surface area contributed by atoms with Gasteiger partial charge in [-0.15, -0.1) is 0 Å². The van der Waals surface area contributed by atoms with Gasteiger partial charge in [0.1, 0.15) is 0 Å². The third kappa shape index (κ3) is 3.51. The summed E-state index contributed by atoms with van der Waals surface area (Å²) in [5, 5.41) is 10.8. The number of non-ortho nitro benzene ring substituents is 1. The molecule has 0 N–H and O–H groups in total. The van der Waals surface area contributed by atoms with E-state index in [-0.39, 0.29) is 11.6 Å². The molecular formula is C15H21N3O3. The van der Waals surface area contributed by atoms with Crippen LogP contribution in [0.3, 0.4) is 0 Å². The van der Waals surface area contributed by atoms with Crippen LogP contribution in [0.2, 0.25) is 0 Å². The lowest BCUT2D eigenvalue weighted by atomic mass is 10.1. The Hall–Kier alpha value is -2.11. The van der Waals surface area contributed by atoms with Gasteiger partial charge in [0.2, 0.25) is 5.91 Å². The van der Waals surface area contributed by atoms with Crippen molar-refractivity contribution < 1.29 is 9.72 Å². The fourth-order valence-electron chi connectivity index (χ4n) is 2.66. The van der Waals surface area contributed by atoms with Crippen LogP contribution in [0.25, 0.3) is 0 Å². The van der Waals surface area contributed by atoms with E-state index in [1.54, 1.807) is 12.1 Å². The van der Waals surface area contributed by atoms with Crippen molar-refractivity contribution in [3.63, 3.8) is 0 Å². The number of amides is 1. The molecule has 0 atom stereocenters. The van der Waals surface area contributed by atoms with Crippen molar-refractivity contribution in [2.75, 3.05) is 31.1 Å². The maximum absolute atomic E-state index is 12.2. The van der Waals surface area contributed by atoms with E-state index in [1.807, 2.05) is 16.7 Å². The van der Waals surface area contributed by atoms with Gasteiger partial charge in [-0.3, -0.25) is 14.9 Å². The Morgan fingerprint density at radius 3 is 2.57 bits per heavy atom. The molecule has 0 spiro atoms. The summed E-state index contributed by atoms with van der Waals surface area (Å²) >= 11 is 0. The molecule has 6 nitrogen and oxygen atoms in total. The second-order valence-corrected chi connectivity index (χ2v) is 5.88. The topological polar surface area (TPSA) is 66.7 Å². The summed E-state index contributed by atoms with van der Waals surface area (Å²) in [4.78, 5) is 26.4. The van der Waals surface area contributed by atoms with Crippen LogP contribution < -0.4 is 4.90 Å². The Bertz CT molecular complexity index is 557. The smallest absolute Gasteiger partial charge is 0.269 e. The van der Waals surface area contributed by atoms with Crippen molar-refractivity contribution >= 4 is 17.3 Å². The molecule has 6 heteroatoms. The fourth-order valence-corrected chi connectivity index (χ4v) is 2.66. The molecule has 1 amide bonds. The van der Waals surface area contributed by atoms with Crippen molar-refractivity contribution in [1.29, 1.82) is 0 Å². The van der Waals surface area contributed by atoms with Crippen LogP contribution in [0.4, 0.5) is 11.4 Å². The maximum Gasteiger partial charge on any atom is 0.269 e. The number of nitrogens with zero attached hydrogens (tertiary/aromatic N) is 3. The molecule has 0 aliphatic carbocycles. The zero-order chi connectivity index (χ0) is 15.6. The number of rotatable bonds is 4. The first kappa shape index (κ1) is 15.3. The van der Waals surface area contributed by atoms with Gasteiger partial charge in [0.05, 0.1) is 11.5 Å². The summed E-state index contributed by atoms with van der Waals surface area (Å²) < 4.78 is 0. The third-order valence-electron chi connectivity index (χ3n) is 3.64. The molecule has 0 saturated carbocycles. The number of carbonyl (C=O) groups is 1. The largest absolute Gasteiger partial charge is 0.360 e. The highest BCUT2D eigenvalue weighted by Crippen LogP contribution is 2.26. The van der Waals surface area contributed by atoms with Crippen LogP contribution in [0.15, 0.2) is 18.2 Å². The van der Waals surface area contributed by atoms with E-state index in [0.717, 1.165) is 24.3 Å². The zero-order valence-electron chi connectivity index (χ0n) is 12.7. The Kier molecular flexibility index (Phi) is 4.45. The van der Waals surface area contributed by atoms with E-state index < -0.39 is 4.92 Å². The van der Waals surface area contributed by atoms with E-state index in [0.29, 0.717) is 19.0 Å². The van der Waals surface area contributed by atoms with Crippen LogP contribution in [0.5, 0.6) is 0 Å². The lowest BCUT2D eigenvalue weighted by Gasteiger charge is -2.37. The average Bonchev–Trinajstić information content (AvgIpc) is 2.40. The molecule has 0 radical (unpaired) electrons. The minimum absolute atomic E-state index is 0.0843. The van der Waals surface area contributed by atoms with E-state index in [9.17, 15) is 14.9 Å². The van der Waals surface area contributed by atoms with Crippen LogP contribution in [-0.4, -0.2) is 41.9 Å². The number of anilines is 1. The first-order chi connectivity index (χ1) is 9.88. The zero-order valence-corrected chi connectivity index (χ0v) is 12.7. The lowest BCUT2D eigenvalue weighted by molar-refractivity contribution is -0.384. The second-order valence-electron chi connectivity index (χ2n) is 5.88. The van der Waals surface area contributed by atoms with E-state index in [4.69, 9.17) is 0 Å². The standard InChI is InChI=1S/C15H21N3O3/c1-11(2)9-17-7-6-16(10-15(17)19)14-5-4-13(18(20)21)8-12(14)3/h4-5,8,11H,6-7,9-10H2,1-3H3. The van der Waals surface area contributed by atoms with Crippen LogP contribution in [0, 0.1) is 23.0 Å². The number of hydrogen-bond acceptors (Lipinski definition) is 4. The Morgan fingerprint density at radius 1 is 1.33 bits per heavy atom. The molecule has 1 aromatic rings. The molecule has 2 rings (SSSR count). The SMILES string of the molecule is Cc1cc([N+](=O)[O-])ccc1N1CCN(CC(C)C)C(=O)C1. The predicted octanol–water partition coefficient (Wildman–Crippen LogP) is 2.21. The average molecular weight is 291 g/mol. The van der Waals surface area contributed by atoms with Gasteiger partial charge < -0.3 is 9.80 Å². The highest BCUT2D eigenvalue weighted by Gasteiger charge is 2.25. The predicted molar refractivity (Wildman–Crippen MR) is 81.5 cm³/mol. The van der Waals surface area contributed by atoms with Crippen LogP contribution in [-0.2, 0) is 4.79 Å². The molecule has 114 valence electrons. The van der Waals surface area contributed by atoms with Gasteiger partial charge in [-0.1, -0.05) is 13.8 Å². The molecule has 1 aromatic carbocycles. The number of aryl methyl sites for hydroxylation is 1. The van der Waals surface area contributed by atoms with Crippen molar-refractivity contribution in [3.05, 3.63) is 33.9 Å². The summed E-state index contributed by atoms with van der Waals surface area (Å²) in [6, 6.07) is 4.78. The molecule has 0 aromatic heterocycles. The summed E-state index contributed by atoms with van der Waals surface area (Å²) in [5.74, 6) is 0.578. The van der Waals surface area contributed by atoms with E-state index in [1.165, 1.54) is 6.07 Å². The van der Waals surface area contributed by atoms with Crippen molar-refractivity contribution in [3.8, 4) is 0 Å². The highest BCUT2D eigenvalue weighted by atomic mass is 16.6. The van der Waals surface area contributed by atoms with Crippen molar-refractivity contribution in [2.45, 2.75) is 20.8 Å². The Labute approximate surface area is 124 Å². The number of benzene rings is 1. The third-order valence-corrected chi connectivity index (χ3v) is 3.64.